The summed E-state index contributed by atoms with van der Waals surface area (Å²) in [6, 6.07) is 6.73. The monoisotopic (exact) mass is 363 g/mol. The number of benzene rings is 1. The van der Waals surface area contributed by atoms with Crippen LogP contribution < -0.4 is 5.56 Å². The van der Waals surface area contributed by atoms with Gasteiger partial charge in [0.2, 0.25) is 5.88 Å². The average Bonchev–Trinajstić information content (AvgIpc) is 2.55. The minimum atomic E-state index is -0.507. The topological polar surface area (TPSA) is 78.4 Å². The normalized spacial score (nSPS) is 11.0. The van der Waals surface area contributed by atoms with E-state index in [1.807, 2.05) is 13.0 Å². The van der Waals surface area contributed by atoms with E-state index >= 15 is 0 Å². The van der Waals surface area contributed by atoms with Gasteiger partial charge in [-0.25, -0.2) is 0 Å². The number of hydrogen-bond donors (Lipinski definition) is 1. The number of rotatable bonds is 4. The Kier molecular flexibility index (Phi) is 5.66. The Balaban J connectivity index is 2.64. The van der Waals surface area contributed by atoms with Crippen LogP contribution in [0.3, 0.4) is 0 Å². The summed E-state index contributed by atoms with van der Waals surface area (Å²) < 4.78 is 1.17. The van der Waals surface area contributed by atoms with Gasteiger partial charge >= 0.3 is 0 Å². The van der Waals surface area contributed by atoms with E-state index < -0.39 is 5.56 Å². The van der Waals surface area contributed by atoms with Crippen molar-refractivity contribution >= 4 is 35.1 Å². The zero-order valence-corrected chi connectivity index (χ0v) is 14.7. The van der Waals surface area contributed by atoms with Crippen LogP contribution in [0.4, 0.5) is 5.69 Å². The Labute approximate surface area is 149 Å². The fraction of sp³-hybridized carbons (Fsp3) is 0.235. The molecule has 1 heterocycles. The third kappa shape index (κ3) is 3.45. The molecule has 0 aliphatic rings. The minimum Gasteiger partial charge on any atom is -0.494 e. The highest BCUT2D eigenvalue weighted by Crippen LogP contribution is 2.29. The van der Waals surface area contributed by atoms with Crippen LogP contribution in [0, 0.1) is 18.3 Å². The van der Waals surface area contributed by atoms with Gasteiger partial charge in [0.1, 0.15) is 11.6 Å². The van der Waals surface area contributed by atoms with Crippen LogP contribution in [0.15, 0.2) is 28.0 Å². The summed E-state index contributed by atoms with van der Waals surface area (Å²) in [5.74, 6) is -0.222. The lowest BCUT2D eigenvalue weighted by Crippen LogP contribution is -2.25. The number of halogens is 2. The lowest BCUT2D eigenvalue weighted by molar-refractivity contribution is 0.403. The van der Waals surface area contributed by atoms with Gasteiger partial charge in [0.15, 0.2) is 0 Å². The van der Waals surface area contributed by atoms with Gasteiger partial charge in [0.25, 0.3) is 5.56 Å². The lowest BCUT2D eigenvalue weighted by Gasteiger charge is -2.13. The molecule has 0 aliphatic heterocycles. The molecule has 5 nitrogen and oxygen atoms in total. The average molecular weight is 364 g/mol. The molecule has 7 heteroatoms. The molecule has 0 spiro atoms. The Morgan fingerprint density at radius 3 is 2.75 bits per heavy atom. The van der Waals surface area contributed by atoms with Gasteiger partial charge in [-0.2, -0.15) is 5.26 Å². The Morgan fingerprint density at radius 2 is 2.12 bits per heavy atom. The first-order valence-corrected chi connectivity index (χ1v) is 8.01. The highest BCUT2D eigenvalue weighted by molar-refractivity contribution is 6.35. The molecular weight excluding hydrogens is 349 g/mol. The molecule has 0 aliphatic carbocycles. The van der Waals surface area contributed by atoms with Crippen molar-refractivity contribution in [1.29, 1.82) is 5.26 Å². The second-order valence-corrected chi connectivity index (χ2v) is 6.00. The second kappa shape index (κ2) is 7.52. The minimum absolute atomic E-state index is 0.0140. The molecule has 0 radical (unpaired) electrons. The fourth-order valence-corrected chi connectivity index (χ4v) is 2.61. The Morgan fingerprint density at radius 1 is 1.42 bits per heavy atom. The molecule has 0 fully saturated rings. The zero-order valence-electron chi connectivity index (χ0n) is 13.2. The van der Waals surface area contributed by atoms with Gasteiger partial charge in [0.05, 0.1) is 16.3 Å². The van der Waals surface area contributed by atoms with E-state index in [1.54, 1.807) is 25.1 Å². The number of pyridine rings is 1. The quantitative estimate of drug-likeness (QED) is 0.826. The number of aromatic hydroxyl groups is 1. The van der Waals surface area contributed by atoms with Gasteiger partial charge in [-0.15, -0.1) is 0 Å². The molecule has 0 bridgehead atoms. The van der Waals surface area contributed by atoms with Crippen molar-refractivity contribution in [2.45, 2.75) is 26.8 Å². The molecular formula is C17H15Cl2N3O2. The molecule has 124 valence electrons. The first-order valence-electron chi connectivity index (χ1n) is 7.26. The molecule has 2 rings (SSSR count). The SMILES string of the molecule is CCCn1c(O)c(C=Nc2cc(Cl)ccc2Cl)c(C)c(C#N)c1=O. The third-order valence-electron chi connectivity index (χ3n) is 3.53. The van der Waals surface area contributed by atoms with Crippen LogP contribution in [0.2, 0.25) is 10.0 Å². The third-order valence-corrected chi connectivity index (χ3v) is 4.09. The van der Waals surface area contributed by atoms with Gasteiger partial charge in [0, 0.05) is 17.8 Å². The Hall–Kier alpha value is -2.29. The van der Waals surface area contributed by atoms with Crippen molar-refractivity contribution in [2.75, 3.05) is 0 Å². The predicted octanol–water partition coefficient (Wildman–Crippen LogP) is 4.20. The zero-order chi connectivity index (χ0) is 17.9. The fourth-order valence-electron chi connectivity index (χ4n) is 2.28. The van der Waals surface area contributed by atoms with Gasteiger partial charge in [-0.1, -0.05) is 30.1 Å². The molecule has 0 saturated heterocycles. The largest absolute Gasteiger partial charge is 0.494 e. The van der Waals surface area contributed by atoms with E-state index in [4.69, 9.17) is 23.2 Å². The maximum absolute atomic E-state index is 12.3. The van der Waals surface area contributed by atoms with E-state index in [0.717, 1.165) is 0 Å². The highest BCUT2D eigenvalue weighted by atomic mass is 35.5. The van der Waals surface area contributed by atoms with Gasteiger partial charge in [-0.3, -0.25) is 14.4 Å². The number of aromatic nitrogens is 1. The molecule has 0 atom stereocenters. The van der Waals surface area contributed by atoms with E-state index in [0.29, 0.717) is 39.8 Å². The van der Waals surface area contributed by atoms with Crippen LogP contribution >= 0.6 is 23.2 Å². The standard InChI is InChI=1S/C17H15Cl2N3O2/c1-3-6-22-16(23)12(8-20)10(2)13(17(22)24)9-21-15-7-11(18)4-5-14(15)19/h4-5,7,9,24H,3,6H2,1-2H3. The summed E-state index contributed by atoms with van der Waals surface area (Å²) in [5, 5.41) is 20.5. The highest BCUT2D eigenvalue weighted by Gasteiger charge is 2.17. The van der Waals surface area contributed by atoms with Crippen molar-refractivity contribution in [3.63, 3.8) is 0 Å². The maximum atomic E-state index is 12.3. The lowest BCUT2D eigenvalue weighted by atomic mass is 10.1. The van der Waals surface area contributed by atoms with Crippen LogP contribution in [0.25, 0.3) is 0 Å². The number of nitriles is 1. The first kappa shape index (κ1) is 18.1. The summed E-state index contributed by atoms with van der Waals surface area (Å²) in [6.45, 7) is 3.77. The predicted molar refractivity (Wildman–Crippen MR) is 95.8 cm³/mol. The van der Waals surface area contributed by atoms with Crippen LogP contribution in [-0.2, 0) is 6.54 Å². The molecule has 2 aromatic rings. The van der Waals surface area contributed by atoms with Crippen molar-refractivity contribution in [3.8, 4) is 11.9 Å². The van der Waals surface area contributed by atoms with Crippen molar-refractivity contribution in [1.82, 2.24) is 4.57 Å². The van der Waals surface area contributed by atoms with E-state index in [9.17, 15) is 15.2 Å². The molecule has 0 amide bonds. The first-order chi connectivity index (χ1) is 11.4. The summed E-state index contributed by atoms with van der Waals surface area (Å²) >= 11 is 12.0. The molecule has 1 aromatic heterocycles. The summed E-state index contributed by atoms with van der Waals surface area (Å²) in [7, 11) is 0. The number of nitrogens with zero attached hydrogens (tertiary/aromatic N) is 3. The molecule has 0 saturated carbocycles. The van der Waals surface area contributed by atoms with Crippen molar-refractivity contribution in [3.05, 3.63) is 55.3 Å². The maximum Gasteiger partial charge on any atom is 0.271 e. The number of aliphatic imine (C=N–C) groups is 1. The van der Waals surface area contributed by atoms with Crippen molar-refractivity contribution < 1.29 is 5.11 Å². The molecule has 1 N–H and O–H groups in total. The summed E-state index contributed by atoms with van der Waals surface area (Å²) in [4.78, 5) is 16.5. The van der Waals surface area contributed by atoms with Crippen LogP contribution in [0.5, 0.6) is 5.88 Å². The van der Waals surface area contributed by atoms with Gasteiger partial charge in [-0.05, 0) is 37.1 Å². The number of hydrogen-bond acceptors (Lipinski definition) is 4. The van der Waals surface area contributed by atoms with Gasteiger partial charge < -0.3 is 5.11 Å². The van der Waals surface area contributed by atoms with Crippen molar-refractivity contribution in [2.24, 2.45) is 4.99 Å². The molecule has 24 heavy (non-hydrogen) atoms. The summed E-state index contributed by atoms with van der Waals surface area (Å²) in [5.41, 5.74) is 0.576. The molecule has 0 unspecified atom stereocenters. The van der Waals surface area contributed by atoms with E-state index in [-0.39, 0.29) is 11.4 Å². The van der Waals surface area contributed by atoms with Crippen LogP contribution in [0.1, 0.15) is 30.0 Å². The Bertz CT molecular complexity index is 912. The smallest absolute Gasteiger partial charge is 0.271 e. The summed E-state index contributed by atoms with van der Waals surface area (Å²) in [6.07, 6.45) is 2.02. The van der Waals surface area contributed by atoms with Crippen LogP contribution in [-0.4, -0.2) is 15.9 Å². The molecule has 1 aromatic carbocycles. The van der Waals surface area contributed by atoms with E-state index in [2.05, 4.69) is 4.99 Å². The second-order valence-electron chi connectivity index (χ2n) is 5.16. The van der Waals surface area contributed by atoms with E-state index in [1.165, 1.54) is 10.8 Å².